The van der Waals surface area contributed by atoms with Crippen molar-refractivity contribution in [3.63, 3.8) is 0 Å². The van der Waals surface area contributed by atoms with Crippen molar-refractivity contribution >= 4 is 0 Å². The molecule has 5 heteroatoms. The SMILES string of the molecule is COc1oc([C@]2(C)[C@@H](C)[C@@]3(C)[C@@H]4O[C@]4(C)[C@@H]4O[C@]4(C)[C@@H]23)c(C)c(=O)c1C. The molecule has 2 saturated carbocycles. The van der Waals surface area contributed by atoms with Gasteiger partial charge in [-0.3, -0.25) is 4.79 Å². The molecule has 4 aliphatic rings. The van der Waals surface area contributed by atoms with Gasteiger partial charge in [-0.05, 0) is 33.6 Å². The molecule has 1 aromatic heterocycles. The summed E-state index contributed by atoms with van der Waals surface area (Å²) in [6, 6.07) is 0. The summed E-state index contributed by atoms with van der Waals surface area (Å²) in [6.45, 7) is 14.8. The molecule has 2 saturated heterocycles. The summed E-state index contributed by atoms with van der Waals surface area (Å²) in [5.41, 5.74) is 0.541. The lowest BCUT2D eigenvalue weighted by atomic mass is 9.33. The zero-order chi connectivity index (χ0) is 19.0. The van der Waals surface area contributed by atoms with E-state index in [1.807, 2.05) is 6.92 Å². The van der Waals surface area contributed by atoms with E-state index in [0.29, 0.717) is 23.0 Å². The summed E-state index contributed by atoms with van der Waals surface area (Å²) in [5.74, 6) is 1.60. The van der Waals surface area contributed by atoms with E-state index in [1.165, 1.54) is 0 Å². The fourth-order valence-electron chi connectivity index (χ4n) is 7.34. The van der Waals surface area contributed by atoms with Crippen LogP contribution in [-0.4, -0.2) is 30.5 Å². The first-order chi connectivity index (χ1) is 12.0. The largest absolute Gasteiger partial charge is 0.468 e. The standard InChI is InChI=1S/C21H28O5/c1-9-12(22)10(2)14(23-8)24-13(9)18(4)11(3)19(5)15(18)20(6)17(26-20)21(7)16(19)25-21/h11,15-17H,1-8H3/t11-,15+,16+,17-,18+,19-,20-,21+/m1/s1. The molecule has 0 radical (unpaired) electrons. The molecule has 2 aliphatic carbocycles. The Kier molecular flexibility index (Phi) is 2.73. The third-order valence-electron chi connectivity index (χ3n) is 8.58. The maximum absolute atomic E-state index is 12.8. The van der Waals surface area contributed by atoms with Crippen LogP contribution in [0, 0.1) is 31.1 Å². The van der Waals surface area contributed by atoms with Crippen molar-refractivity contribution in [3.8, 4) is 5.95 Å². The van der Waals surface area contributed by atoms with Gasteiger partial charge in [0.15, 0.2) is 5.43 Å². The summed E-state index contributed by atoms with van der Waals surface area (Å²) in [5, 5.41) is 0. The molecular formula is C21H28O5. The minimum atomic E-state index is -0.296. The Bertz CT molecular complexity index is 904. The molecule has 0 aromatic carbocycles. The van der Waals surface area contributed by atoms with E-state index in [2.05, 4.69) is 34.6 Å². The van der Waals surface area contributed by atoms with Crippen LogP contribution in [-0.2, 0) is 14.9 Å². The Morgan fingerprint density at radius 1 is 0.962 bits per heavy atom. The highest BCUT2D eigenvalue weighted by Gasteiger charge is 2.92. The number of epoxide rings is 2. The molecule has 0 spiro atoms. The molecule has 5 nitrogen and oxygen atoms in total. The molecule has 1 aromatic rings. The molecule has 0 N–H and O–H groups in total. The first-order valence-corrected chi connectivity index (χ1v) is 9.53. The van der Waals surface area contributed by atoms with Gasteiger partial charge < -0.3 is 18.6 Å². The number of methoxy groups -OCH3 is 1. The number of rotatable bonds is 2. The molecule has 5 rings (SSSR count). The van der Waals surface area contributed by atoms with Crippen LogP contribution < -0.4 is 10.2 Å². The number of ether oxygens (including phenoxy) is 3. The van der Waals surface area contributed by atoms with Crippen LogP contribution in [0.2, 0.25) is 0 Å². The van der Waals surface area contributed by atoms with E-state index in [9.17, 15) is 4.79 Å². The molecule has 0 amide bonds. The predicted octanol–water partition coefficient (Wildman–Crippen LogP) is 3.12. The van der Waals surface area contributed by atoms with Crippen LogP contribution in [0.25, 0.3) is 0 Å². The van der Waals surface area contributed by atoms with Crippen molar-refractivity contribution in [2.75, 3.05) is 7.11 Å². The Labute approximate surface area is 154 Å². The molecule has 26 heavy (non-hydrogen) atoms. The molecule has 4 fully saturated rings. The average Bonchev–Trinajstić information content (AvgIpc) is 3.48. The zero-order valence-corrected chi connectivity index (χ0v) is 16.9. The lowest BCUT2D eigenvalue weighted by Crippen LogP contribution is -2.73. The van der Waals surface area contributed by atoms with Gasteiger partial charge in [-0.15, -0.1) is 0 Å². The van der Waals surface area contributed by atoms with E-state index < -0.39 is 0 Å². The van der Waals surface area contributed by atoms with Crippen molar-refractivity contribution in [1.29, 1.82) is 0 Å². The van der Waals surface area contributed by atoms with Crippen LogP contribution in [0.1, 0.15) is 51.5 Å². The Morgan fingerprint density at radius 2 is 1.58 bits per heavy atom. The van der Waals surface area contributed by atoms with Gasteiger partial charge in [0.05, 0.1) is 24.4 Å². The highest BCUT2D eigenvalue weighted by Crippen LogP contribution is 2.82. The summed E-state index contributed by atoms with van der Waals surface area (Å²) in [4.78, 5) is 12.8. The predicted molar refractivity (Wildman–Crippen MR) is 95.7 cm³/mol. The second-order valence-electron chi connectivity index (χ2n) is 9.67. The van der Waals surface area contributed by atoms with Gasteiger partial charge >= 0.3 is 0 Å². The highest BCUT2D eigenvalue weighted by molar-refractivity contribution is 5.46. The van der Waals surface area contributed by atoms with Gasteiger partial charge in [-0.1, -0.05) is 20.8 Å². The van der Waals surface area contributed by atoms with Crippen molar-refractivity contribution in [2.24, 2.45) is 17.3 Å². The monoisotopic (exact) mass is 360 g/mol. The summed E-state index contributed by atoms with van der Waals surface area (Å²) >= 11 is 0. The maximum Gasteiger partial charge on any atom is 0.291 e. The molecule has 142 valence electrons. The van der Waals surface area contributed by atoms with E-state index in [4.69, 9.17) is 18.6 Å². The average molecular weight is 360 g/mol. The first-order valence-electron chi connectivity index (χ1n) is 9.53. The Morgan fingerprint density at radius 3 is 2.19 bits per heavy atom. The molecule has 0 bridgehead atoms. The maximum atomic E-state index is 12.8. The van der Waals surface area contributed by atoms with E-state index in [-0.39, 0.29) is 45.6 Å². The van der Waals surface area contributed by atoms with Crippen LogP contribution in [0.15, 0.2) is 9.21 Å². The number of fused-ring (bicyclic) bond motifs is 6. The number of hydrogen-bond acceptors (Lipinski definition) is 5. The van der Waals surface area contributed by atoms with Crippen LogP contribution in [0.5, 0.6) is 5.95 Å². The third-order valence-corrected chi connectivity index (χ3v) is 8.58. The van der Waals surface area contributed by atoms with E-state index in [0.717, 1.165) is 5.76 Å². The second-order valence-corrected chi connectivity index (χ2v) is 9.67. The van der Waals surface area contributed by atoms with Crippen LogP contribution in [0.3, 0.4) is 0 Å². The zero-order valence-electron chi connectivity index (χ0n) is 16.9. The smallest absolute Gasteiger partial charge is 0.291 e. The van der Waals surface area contributed by atoms with Crippen molar-refractivity contribution < 1.29 is 18.6 Å². The summed E-state index contributed by atoms with van der Waals surface area (Å²) in [7, 11) is 1.55. The van der Waals surface area contributed by atoms with Crippen LogP contribution >= 0.6 is 0 Å². The fraction of sp³-hybridized carbons (Fsp3) is 0.762. The molecule has 0 unspecified atom stereocenters. The quantitative estimate of drug-likeness (QED) is 0.758. The molecule has 3 heterocycles. The lowest BCUT2D eigenvalue weighted by molar-refractivity contribution is -0.177. The Balaban J connectivity index is 1.70. The highest BCUT2D eigenvalue weighted by atomic mass is 16.7. The Hall–Kier alpha value is -1.33. The number of hydrogen-bond donors (Lipinski definition) is 0. The lowest BCUT2D eigenvalue weighted by Gasteiger charge is -2.67. The normalized spacial score (nSPS) is 53.1. The van der Waals surface area contributed by atoms with Crippen LogP contribution in [0.4, 0.5) is 0 Å². The fourth-order valence-corrected chi connectivity index (χ4v) is 7.34. The second kappa shape index (κ2) is 4.22. The van der Waals surface area contributed by atoms with Crippen molar-refractivity contribution in [1.82, 2.24) is 0 Å². The van der Waals surface area contributed by atoms with Gasteiger partial charge in [0, 0.05) is 22.3 Å². The van der Waals surface area contributed by atoms with Gasteiger partial charge in [-0.2, -0.15) is 0 Å². The van der Waals surface area contributed by atoms with Crippen molar-refractivity contribution in [2.45, 2.75) is 77.3 Å². The van der Waals surface area contributed by atoms with Gasteiger partial charge in [0.2, 0.25) is 0 Å². The minimum absolute atomic E-state index is 0.00636. The molecule has 2 aliphatic heterocycles. The summed E-state index contributed by atoms with van der Waals surface area (Å²) < 4.78 is 24.0. The van der Waals surface area contributed by atoms with Crippen molar-refractivity contribution in [3.05, 3.63) is 27.1 Å². The topological polar surface area (TPSA) is 64.5 Å². The minimum Gasteiger partial charge on any atom is -0.468 e. The van der Waals surface area contributed by atoms with Gasteiger partial charge in [0.25, 0.3) is 5.95 Å². The van der Waals surface area contributed by atoms with E-state index >= 15 is 0 Å². The first kappa shape index (κ1) is 16.8. The van der Waals surface area contributed by atoms with Gasteiger partial charge in [-0.25, -0.2) is 0 Å². The summed E-state index contributed by atoms with van der Waals surface area (Å²) in [6.07, 6.45) is 0.340. The molecule has 8 atom stereocenters. The third kappa shape index (κ3) is 1.42. The molecular weight excluding hydrogens is 332 g/mol. The van der Waals surface area contributed by atoms with Gasteiger partial charge in [0.1, 0.15) is 17.5 Å². The van der Waals surface area contributed by atoms with E-state index in [1.54, 1.807) is 14.0 Å².